The van der Waals surface area contributed by atoms with E-state index in [0.29, 0.717) is 27.5 Å². The molecule has 4 N–H and O–H groups in total. The van der Waals surface area contributed by atoms with Crippen molar-refractivity contribution in [2.45, 2.75) is 6.92 Å². The van der Waals surface area contributed by atoms with E-state index >= 15 is 0 Å². The fourth-order valence-corrected chi connectivity index (χ4v) is 1.75. The van der Waals surface area contributed by atoms with Gasteiger partial charge in [0.25, 0.3) is 0 Å². The van der Waals surface area contributed by atoms with E-state index in [4.69, 9.17) is 23.1 Å². The minimum absolute atomic E-state index is 0.120. The molecule has 0 radical (unpaired) electrons. The summed E-state index contributed by atoms with van der Waals surface area (Å²) < 4.78 is 0. The van der Waals surface area contributed by atoms with E-state index in [0.717, 1.165) is 5.56 Å². The molecular formula is C14H13ClN2O. The monoisotopic (exact) mass is 260 g/mol. The first kappa shape index (κ1) is 12.5. The predicted molar refractivity (Wildman–Crippen MR) is 74.9 cm³/mol. The number of anilines is 2. The Kier molecular flexibility index (Phi) is 3.26. The average Bonchev–Trinajstić information content (AvgIpc) is 2.35. The molecule has 2 aromatic rings. The second-order valence-corrected chi connectivity index (χ2v) is 4.54. The SMILES string of the molecule is Cc1ccc(C(=O)c2ccc(Cl)c(N)c2)cc1N. The number of nitrogens with two attached hydrogens (primary N) is 2. The van der Waals surface area contributed by atoms with Gasteiger partial charge in [-0.2, -0.15) is 0 Å². The van der Waals surface area contributed by atoms with Crippen LogP contribution in [0.4, 0.5) is 11.4 Å². The first-order valence-electron chi connectivity index (χ1n) is 5.45. The second-order valence-electron chi connectivity index (χ2n) is 4.14. The summed E-state index contributed by atoms with van der Waals surface area (Å²) in [7, 11) is 0. The van der Waals surface area contributed by atoms with Crippen LogP contribution in [-0.4, -0.2) is 5.78 Å². The average molecular weight is 261 g/mol. The van der Waals surface area contributed by atoms with Crippen molar-refractivity contribution in [3.63, 3.8) is 0 Å². The lowest BCUT2D eigenvalue weighted by Gasteiger charge is -2.06. The Morgan fingerprint density at radius 3 is 2.11 bits per heavy atom. The van der Waals surface area contributed by atoms with Gasteiger partial charge in [-0.05, 0) is 36.8 Å². The Morgan fingerprint density at radius 2 is 1.56 bits per heavy atom. The van der Waals surface area contributed by atoms with Crippen LogP contribution in [0.5, 0.6) is 0 Å². The zero-order chi connectivity index (χ0) is 13.3. The summed E-state index contributed by atoms with van der Waals surface area (Å²) in [5, 5.41) is 0.440. The molecule has 0 aliphatic rings. The van der Waals surface area contributed by atoms with Gasteiger partial charge < -0.3 is 11.5 Å². The van der Waals surface area contributed by atoms with E-state index < -0.39 is 0 Å². The highest BCUT2D eigenvalue weighted by Crippen LogP contribution is 2.22. The van der Waals surface area contributed by atoms with Crippen LogP contribution in [0.1, 0.15) is 21.5 Å². The first-order chi connectivity index (χ1) is 8.49. The van der Waals surface area contributed by atoms with Gasteiger partial charge >= 0.3 is 0 Å². The molecule has 2 aromatic carbocycles. The van der Waals surface area contributed by atoms with E-state index in [1.54, 1.807) is 30.3 Å². The third-order valence-electron chi connectivity index (χ3n) is 2.80. The van der Waals surface area contributed by atoms with Gasteiger partial charge in [-0.25, -0.2) is 0 Å². The van der Waals surface area contributed by atoms with Crippen LogP contribution in [0.2, 0.25) is 5.02 Å². The quantitative estimate of drug-likeness (QED) is 0.644. The van der Waals surface area contributed by atoms with E-state index in [2.05, 4.69) is 0 Å². The molecule has 0 spiro atoms. The summed E-state index contributed by atoms with van der Waals surface area (Å²) in [5.74, 6) is -0.120. The molecule has 0 saturated carbocycles. The minimum atomic E-state index is -0.120. The number of ketones is 1. The fraction of sp³-hybridized carbons (Fsp3) is 0.0714. The fourth-order valence-electron chi connectivity index (χ4n) is 1.63. The van der Waals surface area contributed by atoms with Gasteiger partial charge in [0.1, 0.15) is 0 Å². The molecule has 0 aromatic heterocycles. The van der Waals surface area contributed by atoms with E-state index in [-0.39, 0.29) is 5.78 Å². The number of hydrogen-bond donors (Lipinski definition) is 2. The van der Waals surface area contributed by atoms with Crippen molar-refractivity contribution in [3.05, 3.63) is 58.1 Å². The molecule has 2 rings (SSSR count). The molecule has 0 atom stereocenters. The lowest BCUT2D eigenvalue weighted by Crippen LogP contribution is -2.04. The number of hydrogen-bond acceptors (Lipinski definition) is 3. The van der Waals surface area contributed by atoms with Crippen LogP contribution < -0.4 is 11.5 Å². The lowest BCUT2D eigenvalue weighted by atomic mass is 10.0. The van der Waals surface area contributed by atoms with Gasteiger partial charge in [-0.15, -0.1) is 0 Å². The maximum atomic E-state index is 12.2. The molecule has 0 amide bonds. The summed E-state index contributed by atoms with van der Waals surface area (Å²) in [6, 6.07) is 10.1. The van der Waals surface area contributed by atoms with Gasteiger partial charge in [-0.3, -0.25) is 4.79 Å². The molecule has 3 nitrogen and oxygen atoms in total. The van der Waals surface area contributed by atoms with Crippen LogP contribution in [-0.2, 0) is 0 Å². The number of carbonyl (C=O) groups is 1. The second kappa shape index (κ2) is 4.70. The summed E-state index contributed by atoms with van der Waals surface area (Å²) in [5.41, 5.74) is 14.5. The van der Waals surface area contributed by atoms with Gasteiger partial charge in [0.15, 0.2) is 5.78 Å². The largest absolute Gasteiger partial charge is 0.398 e. The van der Waals surface area contributed by atoms with Crippen molar-refractivity contribution >= 4 is 28.8 Å². The van der Waals surface area contributed by atoms with Crippen molar-refractivity contribution in [3.8, 4) is 0 Å². The van der Waals surface area contributed by atoms with Crippen LogP contribution in [0, 0.1) is 6.92 Å². The normalized spacial score (nSPS) is 10.3. The number of aryl methyl sites for hydroxylation is 1. The molecule has 92 valence electrons. The van der Waals surface area contributed by atoms with Crippen molar-refractivity contribution in [2.75, 3.05) is 11.5 Å². The summed E-state index contributed by atoms with van der Waals surface area (Å²) in [6.07, 6.45) is 0. The number of nitrogen functional groups attached to an aromatic ring is 2. The van der Waals surface area contributed by atoms with E-state index in [9.17, 15) is 4.79 Å². The standard InChI is InChI=1S/C14H13ClN2O/c1-8-2-3-9(6-12(8)16)14(18)10-4-5-11(15)13(17)7-10/h2-7H,16-17H2,1H3. The predicted octanol–water partition coefficient (Wildman–Crippen LogP) is 3.04. The topological polar surface area (TPSA) is 69.1 Å². The lowest BCUT2D eigenvalue weighted by molar-refractivity contribution is 0.103. The Labute approximate surface area is 110 Å². The Bertz CT molecular complexity index is 570. The van der Waals surface area contributed by atoms with E-state index in [1.807, 2.05) is 13.0 Å². The van der Waals surface area contributed by atoms with Crippen LogP contribution in [0.25, 0.3) is 0 Å². The highest BCUT2D eigenvalue weighted by Gasteiger charge is 2.11. The number of rotatable bonds is 2. The molecule has 0 unspecified atom stereocenters. The summed E-state index contributed by atoms with van der Waals surface area (Å²) in [6.45, 7) is 1.89. The highest BCUT2D eigenvalue weighted by atomic mass is 35.5. The highest BCUT2D eigenvalue weighted by molar-refractivity contribution is 6.33. The maximum Gasteiger partial charge on any atom is 0.193 e. The van der Waals surface area contributed by atoms with Gasteiger partial charge in [-0.1, -0.05) is 23.7 Å². The van der Waals surface area contributed by atoms with Crippen molar-refractivity contribution < 1.29 is 4.79 Å². The molecule has 0 heterocycles. The smallest absolute Gasteiger partial charge is 0.193 e. The van der Waals surface area contributed by atoms with Crippen molar-refractivity contribution in [1.29, 1.82) is 0 Å². The number of halogens is 1. The van der Waals surface area contributed by atoms with Gasteiger partial charge in [0, 0.05) is 16.8 Å². The molecule has 0 fully saturated rings. The van der Waals surface area contributed by atoms with Gasteiger partial charge in [0.2, 0.25) is 0 Å². The third kappa shape index (κ3) is 2.31. The summed E-state index contributed by atoms with van der Waals surface area (Å²) in [4.78, 5) is 12.2. The molecule has 0 aliphatic carbocycles. The molecule has 0 bridgehead atoms. The molecule has 18 heavy (non-hydrogen) atoms. The third-order valence-corrected chi connectivity index (χ3v) is 3.14. The number of carbonyl (C=O) groups excluding carboxylic acids is 1. The molecule has 0 aliphatic heterocycles. The zero-order valence-electron chi connectivity index (χ0n) is 9.91. The zero-order valence-corrected chi connectivity index (χ0v) is 10.7. The first-order valence-corrected chi connectivity index (χ1v) is 5.82. The Morgan fingerprint density at radius 1 is 1.00 bits per heavy atom. The van der Waals surface area contributed by atoms with E-state index in [1.165, 1.54) is 0 Å². The van der Waals surface area contributed by atoms with Gasteiger partial charge in [0.05, 0.1) is 10.7 Å². The molecule has 4 heteroatoms. The molecular weight excluding hydrogens is 248 g/mol. The summed E-state index contributed by atoms with van der Waals surface area (Å²) >= 11 is 5.82. The van der Waals surface area contributed by atoms with Crippen LogP contribution in [0.3, 0.4) is 0 Å². The maximum absolute atomic E-state index is 12.2. The molecule has 0 saturated heterocycles. The minimum Gasteiger partial charge on any atom is -0.398 e. The Balaban J connectivity index is 2.41. The van der Waals surface area contributed by atoms with Crippen LogP contribution in [0.15, 0.2) is 36.4 Å². The van der Waals surface area contributed by atoms with Crippen LogP contribution >= 0.6 is 11.6 Å². The number of benzene rings is 2. The Hall–Kier alpha value is -2.00. The van der Waals surface area contributed by atoms with Crippen molar-refractivity contribution in [1.82, 2.24) is 0 Å². The van der Waals surface area contributed by atoms with Crippen molar-refractivity contribution in [2.24, 2.45) is 0 Å².